The molecule has 1 amide bonds. The zero-order chi connectivity index (χ0) is 17.1. The minimum Gasteiger partial charge on any atom is -0.380 e. The van der Waals surface area contributed by atoms with Gasteiger partial charge in [0.15, 0.2) is 0 Å². The molecular formula is C17H29N5O2. The molecule has 0 bridgehead atoms. The van der Waals surface area contributed by atoms with Crippen LogP contribution in [0.25, 0.3) is 0 Å². The molecule has 4 atom stereocenters. The molecule has 2 aliphatic rings. The molecular weight excluding hydrogens is 306 g/mol. The Morgan fingerprint density at radius 1 is 1.29 bits per heavy atom. The highest BCUT2D eigenvalue weighted by Gasteiger charge is 2.43. The van der Waals surface area contributed by atoms with Crippen molar-refractivity contribution >= 4 is 5.91 Å². The van der Waals surface area contributed by atoms with Crippen molar-refractivity contribution in [2.45, 2.75) is 44.4 Å². The Morgan fingerprint density at radius 3 is 2.67 bits per heavy atom. The highest BCUT2D eigenvalue weighted by molar-refractivity contribution is 5.76. The normalized spacial score (nSPS) is 29.9. The van der Waals surface area contributed by atoms with Gasteiger partial charge in [-0.15, -0.1) is 0 Å². The zero-order valence-corrected chi connectivity index (χ0v) is 15.0. The van der Waals surface area contributed by atoms with Crippen LogP contribution in [0.5, 0.6) is 0 Å². The first-order valence-electron chi connectivity index (χ1n) is 8.88. The van der Waals surface area contributed by atoms with Gasteiger partial charge in [-0.2, -0.15) is 5.10 Å². The monoisotopic (exact) mass is 335 g/mol. The lowest BCUT2D eigenvalue weighted by atomic mass is 9.77. The number of hydrogen-bond donors (Lipinski definition) is 0. The molecule has 1 saturated carbocycles. The molecule has 134 valence electrons. The van der Waals surface area contributed by atoms with Crippen LogP contribution in [0.2, 0.25) is 0 Å². The molecule has 1 aliphatic carbocycles. The maximum Gasteiger partial charge on any atom is 0.222 e. The van der Waals surface area contributed by atoms with Gasteiger partial charge < -0.3 is 14.5 Å². The van der Waals surface area contributed by atoms with Gasteiger partial charge in [-0.05, 0) is 45.2 Å². The van der Waals surface area contributed by atoms with Crippen molar-refractivity contribution in [3.8, 4) is 0 Å². The Bertz CT molecular complexity index is 533. The second-order valence-electron chi connectivity index (χ2n) is 7.36. The minimum absolute atomic E-state index is 0.278. The largest absolute Gasteiger partial charge is 0.380 e. The van der Waals surface area contributed by atoms with Crippen molar-refractivity contribution < 1.29 is 9.53 Å². The second-order valence-corrected chi connectivity index (χ2v) is 7.36. The molecule has 1 aromatic rings. The molecule has 0 unspecified atom stereocenters. The fourth-order valence-electron chi connectivity index (χ4n) is 4.29. The predicted molar refractivity (Wildman–Crippen MR) is 90.3 cm³/mol. The summed E-state index contributed by atoms with van der Waals surface area (Å²) in [6.45, 7) is 2.56. The number of likely N-dealkylation sites (N-methyl/N-ethyl adjacent to an activating group) is 1. The van der Waals surface area contributed by atoms with E-state index in [1.165, 1.54) is 6.33 Å². The Kier molecular flexibility index (Phi) is 5.50. The number of carbonyl (C=O) groups is 1. The molecule has 1 saturated heterocycles. The standard InChI is InChI=1S/C17H29N5O2/c1-20(2)15-7-13-9-21(10-14(13)8-16(15)24-3)17(23)5-4-6-22-12-18-11-19-22/h11-16H,4-10H2,1-3H3/t13-,14+,15-,16-/m1/s1. The van der Waals surface area contributed by atoms with Crippen LogP contribution in [-0.2, 0) is 16.1 Å². The van der Waals surface area contributed by atoms with E-state index >= 15 is 0 Å². The van der Waals surface area contributed by atoms with Crippen LogP contribution in [0.15, 0.2) is 12.7 Å². The van der Waals surface area contributed by atoms with Crippen LogP contribution in [0.1, 0.15) is 25.7 Å². The third-order valence-corrected chi connectivity index (χ3v) is 5.65. The minimum atomic E-state index is 0.278. The van der Waals surface area contributed by atoms with Gasteiger partial charge in [0.1, 0.15) is 12.7 Å². The SMILES string of the molecule is CO[C@@H]1C[C@H]2CN(C(=O)CCCn3cncn3)C[C@H]2C[C@H]1N(C)C. The Balaban J connectivity index is 1.50. The van der Waals surface area contributed by atoms with Crippen LogP contribution in [-0.4, -0.2) is 76.9 Å². The third-order valence-electron chi connectivity index (χ3n) is 5.65. The highest BCUT2D eigenvalue weighted by Crippen LogP contribution is 2.38. The van der Waals surface area contributed by atoms with Crippen LogP contribution in [0.4, 0.5) is 0 Å². The number of fused-ring (bicyclic) bond motifs is 1. The molecule has 1 aromatic heterocycles. The van der Waals surface area contributed by atoms with E-state index in [9.17, 15) is 4.79 Å². The Hall–Kier alpha value is -1.47. The predicted octanol–water partition coefficient (Wildman–Crippen LogP) is 0.872. The summed E-state index contributed by atoms with van der Waals surface area (Å²) in [6, 6.07) is 0.457. The number of aryl methyl sites for hydroxylation is 1. The lowest BCUT2D eigenvalue weighted by molar-refractivity contribution is -0.130. The Morgan fingerprint density at radius 2 is 2.04 bits per heavy atom. The van der Waals surface area contributed by atoms with E-state index in [1.807, 2.05) is 7.11 Å². The first kappa shape index (κ1) is 17.4. The summed E-state index contributed by atoms with van der Waals surface area (Å²) >= 11 is 0. The molecule has 0 aromatic carbocycles. The number of aromatic nitrogens is 3. The number of amides is 1. The summed E-state index contributed by atoms with van der Waals surface area (Å²) in [4.78, 5) is 20.8. The molecule has 3 rings (SSSR count). The third kappa shape index (κ3) is 3.78. The summed E-state index contributed by atoms with van der Waals surface area (Å²) in [6.07, 6.45) is 7.09. The van der Waals surface area contributed by atoms with Crippen molar-refractivity contribution in [3.63, 3.8) is 0 Å². The van der Waals surface area contributed by atoms with Crippen molar-refractivity contribution in [2.24, 2.45) is 11.8 Å². The van der Waals surface area contributed by atoms with E-state index < -0.39 is 0 Å². The molecule has 1 aliphatic heterocycles. The number of carbonyl (C=O) groups excluding carboxylic acids is 1. The molecule has 2 heterocycles. The van der Waals surface area contributed by atoms with Gasteiger partial charge in [0, 0.05) is 39.2 Å². The zero-order valence-electron chi connectivity index (χ0n) is 15.0. The van der Waals surface area contributed by atoms with Gasteiger partial charge in [-0.25, -0.2) is 4.98 Å². The average Bonchev–Trinajstić information content (AvgIpc) is 3.22. The van der Waals surface area contributed by atoms with Gasteiger partial charge in [0.2, 0.25) is 5.91 Å². The molecule has 0 N–H and O–H groups in total. The average molecular weight is 335 g/mol. The molecule has 7 heteroatoms. The van der Waals surface area contributed by atoms with Crippen LogP contribution < -0.4 is 0 Å². The van der Waals surface area contributed by atoms with Crippen molar-refractivity contribution in [3.05, 3.63) is 12.7 Å². The van der Waals surface area contributed by atoms with Crippen molar-refractivity contribution in [2.75, 3.05) is 34.3 Å². The number of methoxy groups -OCH3 is 1. The van der Waals surface area contributed by atoms with E-state index in [4.69, 9.17) is 4.74 Å². The topological polar surface area (TPSA) is 63.5 Å². The summed E-state index contributed by atoms with van der Waals surface area (Å²) in [5, 5.41) is 4.07. The maximum atomic E-state index is 12.5. The molecule has 7 nitrogen and oxygen atoms in total. The second kappa shape index (κ2) is 7.61. The smallest absolute Gasteiger partial charge is 0.222 e. The number of ether oxygens (including phenoxy) is 1. The van der Waals surface area contributed by atoms with Gasteiger partial charge in [0.05, 0.1) is 6.10 Å². The van der Waals surface area contributed by atoms with Crippen molar-refractivity contribution in [1.82, 2.24) is 24.6 Å². The van der Waals surface area contributed by atoms with E-state index in [1.54, 1.807) is 11.0 Å². The first-order chi connectivity index (χ1) is 11.6. The number of hydrogen-bond acceptors (Lipinski definition) is 5. The van der Waals surface area contributed by atoms with E-state index in [-0.39, 0.29) is 12.0 Å². The van der Waals surface area contributed by atoms with E-state index in [0.717, 1.165) is 38.9 Å². The summed E-state index contributed by atoms with van der Waals surface area (Å²) in [5.74, 6) is 1.48. The summed E-state index contributed by atoms with van der Waals surface area (Å²) in [5.41, 5.74) is 0. The number of nitrogens with zero attached hydrogens (tertiary/aromatic N) is 5. The quantitative estimate of drug-likeness (QED) is 0.772. The van der Waals surface area contributed by atoms with Crippen LogP contribution in [0.3, 0.4) is 0 Å². The number of rotatable bonds is 6. The van der Waals surface area contributed by atoms with Crippen LogP contribution in [0, 0.1) is 11.8 Å². The number of likely N-dealkylation sites (tertiary alicyclic amines) is 1. The Labute approximate surface area is 144 Å². The van der Waals surface area contributed by atoms with Gasteiger partial charge in [-0.1, -0.05) is 0 Å². The van der Waals surface area contributed by atoms with Gasteiger partial charge in [-0.3, -0.25) is 9.48 Å². The van der Waals surface area contributed by atoms with Crippen molar-refractivity contribution in [1.29, 1.82) is 0 Å². The maximum absolute atomic E-state index is 12.5. The molecule has 2 fully saturated rings. The van der Waals surface area contributed by atoms with E-state index in [2.05, 4.69) is 34.0 Å². The summed E-state index contributed by atoms with van der Waals surface area (Å²) < 4.78 is 7.49. The summed E-state index contributed by atoms with van der Waals surface area (Å²) in [7, 11) is 6.06. The molecule has 0 spiro atoms. The molecule has 0 radical (unpaired) electrons. The van der Waals surface area contributed by atoms with Gasteiger partial charge in [0.25, 0.3) is 0 Å². The van der Waals surface area contributed by atoms with Crippen LogP contribution >= 0.6 is 0 Å². The highest BCUT2D eigenvalue weighted by atomic mass is 16.5. The van der Waals surface area contributed by atoms with E-state index in [0.29, 0.717) is 24.3 Å². The first-order valence-corrected chi connectivity index (χ1v) is 8.88. The lowest BCUT2D eigenvalue weighted by Gasteiger charge is -2.40. The lowest BCUT2D eigenvalue weighted by Crippen LogP contribution is -2.47. The molecule has 24 heavy (non-hydrogen) atoms. The van der Waals surface area contributed by atoms with Gasteiger partial charge >= 0.3 is 0 Å². The fourth-order valence-corrected chi connectivity index (χ4v) is 4.29. The fraction of sp³-hybridized carbons (Fsp3) is 0.824.